The first-order valence-corrected chi connectivity index (χ1v) is 11.3. The smallest absolute Gasteiger partial charge is 0.335 e. The number of hydrogen-bond donors (Lipinski definition) is 1. The standard InChI is InChI=1S/C27H20N2O9/c1-35-22-11-16(4-8-20(22)36-13-15-2-5-17(6-3-15)26(32)33)10-19-24(30)28-27(34)29(25(19)31)18-7-9-21-23(12-18)38-14-37-21/h2-12H,13-14H2,1H3,(H,32,33)(H,28,30,34)/p-1/b19-10-. The molecule has 192 valence electrons. The van der Waals surface area contributed by atoms with Crippen molar-refractivity contribution in [2.45, 2.75) is 6.61 Å². The van der Waals surface area contributed by atoms with Gasteiger partial charge in [-0.3, -0.25) is 14.9 Å². The number of carboxylic acid groups (broad SMARTS) is 1. The number of methoxy groups -OCH3 is 1. The van der Waals surface area contributed by atoms with Crippen LogP contribution in [0.5, 0.6) is 23.0 Å². The van der Waals surface area contributed by atoms with Crippen LogP contribution in [0.25, 0.3) is 6.08 Å². The maximum absolute atomic E-state index is 13.2. The van der Waals surface area contributed by atoms with Crippen molar-refractivity contribution in [2.75, 3.05) is 18.8 Å². The third kappa shape index (κ3) is 4.72. The van der Waals surface area contributed by atoms with Crippen LogP contribution in [0, 0.1) is 0 Å². The van der Waals surface area contributed by atoms with Gasteiger partial charge in [0.15, 0.2) is 23.0 Å². The number of aromatic carboxylic acids is 1. The van der Waals surface area contributed by atoms with E-state index >= 15 is 0 Å². The Morgan fingerprint density at radius 3 is 2.50 bits per heavy atom. The minimum atomic E-state index is -1.27. The molecule has 4 amide bonds. The predicted molar refractivity (Wildman–Crippen MR) is 130 cm³/mol. The van der Waals surface area contributed by atoms with Gasteiger partial charge in [0.25, 0.3) is 11.8 Å². The lowest BCUT2D eigenvalue weighted by Crippen LogP contribution is -2.54. The molecule has 0 unspecified atom stereocenters. The van der Waals surface area contributed by atoms with E-state index < -0.39 is 23.8 Å². The van der Waals surface area contributed by atoms with E-state index in [-0.39, 0.29) is 30.2 Å². The van der Waals surface area contributed by atoms with Gasteiger partial charge in [-0.15, -0.1) is 0 Å². The lowest BCUT2D eigenvalue weighted by Gasteiger charge is -2.26. The normalized spacial score (nSPS) is 15.4. The number of ether oxygens (including phenoxy) is 4. The Hall–Kier alpha value is -5.32. The number of hydrogen-bond acceptors (Lipinski definition) is 9. The van der Waals surface area contributed by atoms with Crippen LogP contribution < -0.4 is 34.3 Å². The van der Waals surface area contributed by atoms with Crippen LogP contribution in [0.4, 0.5) is 10.5 Å². The first-order chi connectivity index (χ1) is 18.3. The molecule has 2 heterocycles. The Morgan fingerprint density at radius 2 is 1.76 bits per heavy atom. The molecular weight excluding hydrogens is 496 g/mol. The Balaban J connectivity index is 1.36. The summed E-state index contributed by atoms with van der Waals surface area (Å²) in [7, 11) is 1.44. The molecule has 1 fully saturated rings. The van der Waals surface area contributed by atoms with E-state index in [0.717, 1.165) is 10.5 Å². The monoisotopic (exact) mass is 515 g/mol. The molecule has 3 aromatic carbocycles. The molecule has 0 bridgehead atoms. The van der Waals surface area contributed by atoms with Crippen LogP contribution in [0.15, 0.2) is 66.2 Å². The number of nitrogens with zero attached hydrogens (tertiary/aromatic N) is 1. The number of carboxylic acids is 1. The minimum Gasteiger partial charge on any atom is -0.545 e. The zero-order chi connectivity index (χ0) is 26.8. The SMILES string of the molecule is COc1cc(/C=C2/C(=O)NC(=O)N(c3ccc4c(c3)OCO4)C2=O)ccc1OCc1ccc(C(=O)[O-])cc1. The summed E-state index contributed by atoms with van der Waals surface area (Å²) in [5, 5.41) is 13.1. The maximum atomic E-state index is 13.2. The number of anilines is 1. The minimum absolute atomic E-state index is 0.0266. The molecule has 0 radical (unpaired) electrons. The van der Waals surface area contributed by atoms with Crippen molar-refractivity contribution in [2.24, 2.45) is 0 Å². The number of carbonyl (C=O) groups excluding carboxylic acids is 4. The summed E-state index contributed by atoms with van der Waals surface area (Å²) in [4.78, 5) is 50.0. The summed E-state index contributed by atoms with van der Waals surface area (Å²) in [6, 6.07) is 14.5. The predicted octanol–water partition coefficient (Wildman–Crippen LogP) is 2.03. The average molecular weight is 515 g/mol. The molecule has 1 N–H and O–H groups in total. The van der Waals surface area contributed by atoms with Gasteiger partial charge in [0.05, 0.1) is 18.8 Å². The Bertz CT molecular complexity index is 1490. The van der Waals surface area contributed by atoms with E-state index in [2.05, 4.69) is 5.32 Å². The highest BCUT2D eigenvalue weighted by atomic mass is 16.7. The number of benzene rings is 3. The molecule has 0 aromatic heterocycles. The first-order valence-electron chi connectivity index (χ1n) is 11.3. The third-order valence-electron chi connectivity index (χ3n) is 5.80. The average Bonchev–Trinajstić information content (AvgIpc) is 3.38. The molecule has 38 heavy (non-hydrogen) atoms. The fourth-order valence-corrected chi connectivity index (χ4v) is 3.87. The number of nitrogens with one attached hydrogen (secondary N) is 1. The van der Waals surface area contributed by atoms with Gasteiger partial charge < -0.3 is 28.8 Å². The van der Waals surface area contributed by atoms with Crippen molar-refractivity contribution >= 4 is 35.6 Å². The second-order valence-corrected chi connectivity index (χ2v) is 8.18. The third-order valence-corrected chi connectivity index (χ3v) is 5.80. The van der Waals surface area contributed by atoms with Crippen molar-refractivity contribution in [1.82, 2.24) is 5.32 Å². The largest absolute Gasteiger partial charge is 0.545 e. The highest BCUT2D eigenvalue weighted by molar-refractivity contribution is 6.39. The van der Waals surface area contributed by atoms with E-state index in [0.29, 0.717) is 28.6 Å². The van der Waals surface area contributed by atoms with Gasteiger partial charge in [-0.1, -0.05) is 30.3 Å². The van der Waals surface area contributed by atoms with E-state index in [1.807, 2.05) is 0 Å². The number of rotatable bonds is 7. The number of barbiturate groups is 1. The van der Waals surface area contributed by atoms with Crippen LogP contribution in [-0.2, 0) is 16.2 Å². The topological polar surface area (TPSA) is 144 Å². The zero-order valence-corrected chi connectivity index (χ0v) is 19.9. The summed E-state index contributed by atoms with van der Waals surface area (Å²) in [5.74, 6) is -1.34. The number of imide groups is 2. The number of amides is 4. The molecule has 0 atom stereocenters. The van der Waals surface area contributed by atoms with E-state index in [1.165, 1.54) is 37.5 Å². The number of carbonyl (C=O) groups is 4. The van der Waals surface area contributed by atoms with Crippen LogP contribution in [0.2, 0.25) is 0 Å². The van der Waals surface area contributed by atoms with E-state index in [9.17, 15) is 24.3 Å². The van der Waals surface area contributed by atoms with Gasteiger partial charge >= 0.3 is 6.03 Å². The lowest BCUT2D eigenvalue weighted by atomic mass is 10.1. The van der Waals surface area contributed by atoms with E-state index in [4.69, 9.17) is 18.9 Å². The lowest BCUT2D eigenvalue weighted by molar-refractivity contribution is -0.255. The fraction of sp³-hybridized carbons (Fsp3) is 0.111. The summed E-state index contributed by atoms with van der Waals surface area (Å²) in [6.07, 6.45) is 1.34. The van der Waals surface area contributed by atoms with Crippen LogP contribution >= 0.6 is 0 Å². The first kappa shape index (κ1) is 24.4. The Labute approximate surface area is 215 Å². The van der Waals surface area contributed by atoms with Crippen molar-refractivity contribution < 1.29 is 43.2 Å². The van der Waals surface area contributed by atoms with Crippen molar-refractivity contribution in [1.29, 1.82) is 0 Å². The molecule has 0 spiro atoms. The summed E-state index contributed by atoms with van der Waals surface area (Å²) in [6.45, 7) is 0.163. The van der Waals surface area contributed by atoms with Gasteiger partial charge in [0, 0.05) is 6.07 Å². The molecule has 11 nitrogen and oxygen atoms in total. The van der Waals surface area contributed by atoms with Gasteiger partial charge in [-0.2, -0.15) is 0 Å². The quantitative estimate of drug-likeness (QED) is 0.369. The highest BCUT2D eigenvalue weighted by Crippen LogP contribution is 2.36. The molecule has 0 aliphatic carbocycles. The molecule has 11 heteroatoms. The molecule has 3 aromatic rings. The molecule has 1 saturated heterocycles. The second kappa shape index (κ2) is 9.97. The van der Waals surface area contributed by atoms with Crippen molar-refractivity contribution in [3.63, 3.8) is 0 Å². The Morgan fingerprint density at radius 1 is 1.00 bits per heavy atom. The molecular formula is C27H19N2O9-. The van der Waals surface area contributed by atoms with Crippen LogP contribution in [0.3, 0.4) is 0 Å². The Kier molecular flexibility index (Phi) is 6.40. The van der Waals surface area contributed by atoms with Gasteiger partial charge in [-0.25, -0.2) is 9.69 Å². The molecule has 0 saturated carbocycles. The second-order valence-electron chi connectivity index (χ2n) is 8.18. The van der Waals surface area contributed by atoms with Gasteiger partial charge in [0.1, 0.15) is 12.2 Å². The summed E-state index contributed by atoms with van der Waals surface area (Å²) in [5.41, 5.74) is 1.19. The fourth-order valence-electron chi connectivity index (χ4n) is 3.87. The number of fused-ring (bicyclic) bond motifs is 1. The summed E-state index contributed by atoms with van der Waals surface area (Å²) < 4.78 is 21.8. The van der Waals surface area contributed by atoms with E-state index in [1.54, 1.807) is 36.4 Å². The van der Waals surface area contributed by atoms with Crippen LogP contribution in [-0.4, -0.2) is 37.7 Å². The molecule has 2 aliphatic heterocycles. The number of urea groups is 1. The summed E-state index contributed by atoms with van der Waals surface area (Å²) >= 11 is 0. The maximum Gasteiger partial charge on any atom is 0.335 e. The van der Waals surface area contributed by atoms with Crippen molar-refractivity contribution in [3.05, 3.63) is 82.9 Å². The van der Waals surface area contributed by atoms with Gasteiger partial charge in [-0.05, 0) is 47.0 Å². The molecule has 5 rings (SSSR count). The van der Waals surface area contributed by atoms with Crippen LogP contribution in [0.1, 0.15) is 21.5 Å². The highest BCUT2D eigenvalue weighted by Gasteiger charge is 2.37. The molecule has 2 aliphatic rings. The van der Waals surface area contributed by atoms with Gasteiger partial charge in [0.2, 0.25) is 6.79 Å². The zero-order valence-electron chi connectivity index (χ0n) is 19.9. The van der Waals surface area contributed by atoms with Crippen molar-refractivity contribution in [3.8, 4) is 23.0 Å².